The van der Waals surface area contributed by atoms with Crippen molar-refractivity contribution in [2.45, 2.75) is 0 Å². The molecule has 88 valence electrons. The number of benzene rings is 1. The van der Waals surface area contributed by atoms with Crippen LogP contribution >= 0.6 is 0 Å². The van der Waals surface area contributed by atoms with Crippen LogP contribution in [-0.2, 0) is 4.79 Å². The van der Waals surface area contributed by atoms with Gasteiger partial charge in [0.05, 0.1) is 16.8 Å². The van der Waals surface area contributed by atoms with E-state index in [9.17, 15) is 9.90 Å². The van der Waals surface area contributed by atoms with E-state index in [1.54, 1.807) is 12.4 Å². The predicted octanol–water partition coefficient (Wildman–Crippen LogP) is 2.01. The summed E-state index contributed by atoms with van der Waals surface area (Å²) in [6, 6.07) is 7.43. The number of fused-ring (bicyclic) bond motifs is 3. The molecule has 5 nitrogen and oxygen atoms in total. The highest BCUT2D eigenvalue weighted by Crippen LogP contribution is 2.26. The van der Waals surface area contributed by atoms with Gasteiger partial charge in [-0.15, -0.1) is 0 Å². The van der Waals surface area contributed by atoms with Gasteiger partial charge in [0.25, 0.3) is 0 Å². The molecule has 0 saturated carbocycles. The Bertz CT molecular complexity index is 704. The topological polar surface area (TPSA) is 74.6 Å². The van der Waals surface area contributed by atoms with Crippen LogP contribution in [0.1, 0.15) is 5.56 Å². The van der Waals surface area contributed by atoms with Gasteiger partial charge in [-0.05, 0) is 12.1 Å². The first kappa shape index (κ1) is 10.5. The molecular formula is C13H9N3O2. The Kier molecular flexibility index (Phi) is 2.30. The molecule has 1 aromatic heterocycles. The largest absolute Gasteiger partial charge is 0.476 e. The lowest BCUT2D eigenvalue weighted by atomic mass is 10.0. The molecule has 0 atom stereocenters. The van der Waals surface area contributed by atoms with Crippen LogP contribution < -0.4 is 5.32 Å². The van der Waals surface area contributed by atoms with Crippen LogP contribution in [0.4, 0.5) is 5.69 Å². The van der Waals surface area contributed by atoms with E-state index in [0.717, 1.165) is 5.39 Å². The monoisotopic (exact) mass is 239 g/mol. The first-order valence-electron chi connectivity index (χ1n) is 5.38. The molecule has 0 spiro atoms. The fraction of sp³-hybridized carbons (Fsp3) is 0. The Morgan fingerprint density at radius 3 is 3.00 bits per heavy atom. The van der Waals surface area contributed by atoms with E-state index in [0.29, 0.717) is 16.8 Å². The van der Waals surface area contributed by atoms with Crippen LogP contribution in [0, 0.1) is 0 Å². The number of carboxylic acid groups (broad SMARTS) is 1. The van der Waals surface area contributed by atoms with Gasteiger partial charge in [-0.2, -0.15) is 0 Å². The van der Waals surface area contributed by atoms with Crippen molar-refractivity contribution in [3.63, 3.8) is 0 Å². The van der Waals surface area contributed by atoms with Gasteiger partial charge < -0.3 is 10.4 Å². The molecule has 1 aliphatic heterocycles. The summed E-state index contributed by atoms with van der Waals surface area (Å²) in [7, 11) is 0. The highest BCUT2D eigenvalue weighted by molar-refractivity contribution is 6.46. The van der Waals surface area contributed by atoms with Crippen LogP contribution in [-0.4, -0.2) is 21.8 Å². The fourth-order valence-electron chi connectivity index (χ4n) is 1.97. The molecule has 5 heteroatoms. The van der Waals surface area contributed by atoms with Crippen molar-refractivity contribution in [3.05, 3.63) is 48.4 Å². The lowest BCUT2D eigenvalue weighted by Gasteiger charge is -2.10. The Morgan fingerprint density at radius 2 is 2.17 bits per heavy atom. The van der Waals surface area contributed by atoms with Crippen LogP contribution in [0.5, 0.6) is 0 Å². The van der Waals surface area contributed by atoms with Gasteiger partial charge in [0.2, 0.25) is 0 Å². The van der Waals surface area contributed by atoms with E-state index in [1.807, 2.05) is 24.3 Å². The molecule has 0 amide bonds. The maximum atomic E-state index is 11.3. The number of aromatic nitrogens is 1. The number of nitrogens with zero attached hydrogens (tertiary/aromatic N) is 2. The number of carbonyl (C=O) groups is 1. The number of anilines is 1. The quantitative estimate of drug-likeness (QED) is 0.798. The van der Waals surface area contributed by atoms with E-state index in [-0.39, 0.29) is 5.71 Å². The molecule has 0 fully saturated rings. The lowest BCUT2D eigenvalue weighted by Crippen LogP contribution is -2.15. The molecule has 18 heavy (non-hydrogen) atoms. The first-order valence-corrected chi connectivity index (χ1v) is 5.38. The minimum atomic E-state index is -1.07. The molecule has 0 unspecified atom stereocenters. The summed E-state index contributed by atoms with van der Waals surface area (Å²) >= 11 is 0. The van der Waals surface area contributed by atoms with Crippen molar-refractivity contribution in [1.29, 1.82) is 0 Å². The summed E-state index contributed by atoms with van der Waals surface area (Å²) in [6.45, 7) is 0. The van der Waals surface area contributed by atoms with Crippen LogP contribution in [0.15, 0.2) is 47.9 Å². The van der Waals surface area contributed by atoms with Gasteiger partial charge in [-0.1, -0.05) is 12.1 Å². The third-order valence-electron chi connectivity index (χ3n) is 2.73. The number of nitrogens with one attached hydrogen (secondary N) is 1. The normalized spacial score (nSPS) is 13.4. The first-order chi connectivity index (χ1) is 8.77. The fourth-order valence-corrected chi connectivity index (χ4v) is 1.97. The zero-order valence-electron chi connectivity index (χ0n) is 9.29. The van der Waals surface area contributed by atoms with Crippen molar-refractivity contribution >= 4 is 28.3 Å². The van der Waals surface area contributed by atoms with E-state index < -0.39 is 5.97 Å². The number of hydrogen-bond acceptors (Lipinski definition) is 4. The SMILES string of the molecule is O=C(O)C1=NC=CNc2ccc3cccnc3c21. The molecule has 1 aliphatic rings. The van der Waals surface area contributed by atoms with Gasteiger partial charge in [0.15, 0.2) is 5.71 Å². The smallest absolute Gasteiger partial charge is 0.355 e. The summed E-state index contributed by atoms with van der Waals surface area (Å²) in [5, 5.41) is 13.1. The third-order valence-corrected chi connectivity index (χ3v) is 2.73. The Labute approximate surface area is 102 Å². The predicted molar refractivity (Wildman–Crippen MR) is 68.7 cm³/mol. The Hall–Kier alpha value is -2.69. The number of hydrogen-bond donors (Lipinski definition) is 2. The second-order valence-corrected chi connectivity index (χ2v) is 3.81. The van der Waals surface area contributed by atoms with Crippen LogP contribution in [0.3, 0.4) is 0 Å². The van der Waals surface area contributed by atoms with Gasteiger partial charge >= 0.3 is 5.97 Å². The Morgan fingerprint density at radius 1 is 1.28 bits per heavy atom. The summed E-state index contributed by atoms with van der Waals surface area (Å²) < 4.78 is 0. The molecule has 0 radical (unpaired) electrons. The maximum absolute atomic E-state index is 11.3. The van der Waals surface area contributed by atoms with Crippen LogP contribution in [0.2, 0.25) is 0 Å². The lowest BCUT2D eigenvalue weighted by molar-refractivity contribution is -0.129. The summed E-state index contributed by atoms with van der Waals surface area (Å²) in [4.78, 5) is 19.5. The molecule has 2 N–H and O–H groups in total. The summed E-state index contributed by atoms with van der Waals surface area (Å²) in [5.41, 5.74) is 1.84. The molecular weight excluding hydrogens is 230 g/mol. The van der Waals surface area contributed by atoms with Crippen molar-refractivity contribution < 1.29 is 9.90 Å². The number of carboxylic acids is 1. The highest BCUT2D eigenvalue weighted by atomic mass is 16.4. The molecule has 2 heterocycles. The van der Waals surface area contributed by atoms with E-state index in [4.69, 9.17) is 0 Å². The number of pyridine rings is 1. The van der Waals surface area contributed by atoms with Gasteiger partial charge in [0, 0.05) is 24.0 Å². The highest BCUT2D eigenvalue weighted by Gasteiger charge is 2.20. The van der Waals surface area contributed by atoms with E-state index >= 15 is 0 Å². The average molecular weight is 239 g/mol. The molecule has 2 aromatic rings. The zero-order valence-corrected chi connectivity index (χ0v) is 9.29. The maximum Gasteiger partial charge on any atom is 0.355 e. The van der Waals surface area contributed by atoms with Gasteiger partial charge in [0.1, 0.15) is 0 Å². The van der Waals surface area contributed by atoms with E-state index in [1.165, 1.54) is 6.20 Å². The molecule has 1 aromatic carbocycles. The number of rotatable bonds is 1. The third kappa shape index (κ3) is 1.53. The average Bonchev–Trinajstić information content (AvgIpc) is 2.61. The zero-order chi connectivity index (χ0) is 12.5. The van der Waals surface area contributed by atoms with Crippen molar-refractivity contribution in [2.75, 3.05) is 5.32 Å². The molecule has 0 saturated heterocycles. The summed E-state index contributed by atoms with van der Waals surface area (Å²) in [6.07, 6.45) is 4.67. The second kappa shape index (κ2) is 3.96. The standard InChI is InChI=1S/C13H9N3O2/c17-13(18)12-10-9(14-6-7-16-12)4-3-8-2-1-5-15-11(8)10/h1-7,14H,(H,17,18). The second-order valence-electron chi connectivity index (χ2n) is 3.81. The van der Waals surface area contributed by atoms with Gasteiger partial charge in [-0.25, -0.2) is 9.79 Å². The van der Waals surface area contributed by atoms with Crippen LogP contribution in [0.25, 0.3) is 10.9 Å². The number of aliphatic imine (C=N–C) groups is 1. The number of aliphatic carboxylic acids is 1. The molecule has 0 aliphatic carbocycles. The minimum Gasteiger partial charge on any atom is -0.476 e. The van der Waals surface area contributed by atoms with Gasteiger partial charge in [-0.3, -0.25) is 4.98 Å². The van der Waals surface area contributed by atoms with Crippen molar-refractivity contribution in [1.82, 2.24) is 4.98 Å². The van der Waals surface area contributed by atoms with E-state index in [2.05, 4.69) is 15.3 Å². The molecule has 3 rings (SSSR count). The minimum absolute atomic E-state index is 0.00412. The molecule has 0 bridgehead atoms. The summed E-state index contributed by atoms with van der Waals surface area (Å²) in [5.74, 6) is -1.07. The van der Waals surface area contributed by atoms with Crippen molar-refractivity contribution in [2.24, 2.45) is 4.99 Å². The van der Waals surface area contributed by atoms with Crippen molar-refractivity contribution in [3.8, 4) is 0 Å². The Balaban J connectivity index is 2.40.